The molecule has 1 aliphatic rings. The lowest BCUT2D eigenvalue weighted by atomic mass is 9.91. The van der Waals surface area contributed by atoms with E-state index in [4.69, 9.17) is 0 Å². The summed E-state index contributed by atoms with van der Waals surface area (Å²) < 4.78 is 3.91. The molecule has 3 aromatic heterocycles. The molecule has 1 amide bonds. The second kappa shape index (κ2) is 6.80. The zero-order valence-electron chi connectivity index (χ0n) is 15.3. The number of amides is 1. The Bertz CT molecular complexity index is 1100. The normalized spacial score (nSPS) is 15.6. The summed E-state index contributed by atoms with van der Waals surface area (Å²) in [4.78, 5) is 43.3. The minimum Gasteiger partial charge on any atom is -0.341 e. The van der Waals surface area contributed by atoms with Crippen molar-refractivity contribution in [2.24, 2.45) is 14.1 Å². The lowest BCUT2D eigenvalue weighted by Crippen LogP contribution is -2.40. The fourth-order valence-corrected chi connectivity index (χ4v) is 4.47. The number of hydrogen-bond acceptors (Lipinski definition) is 5. The van der Waals surface area contributed by atoms with Gasteiger partial charge in [0.25, 0.3) is 5.56 Å². The Morgan fingerprint density at radius 3 is 2.63 bits per heavy atom. The molecular weight excluding hydrogens is 366 g/mol. The molecule has 1 fully saturated rings. The van der Waals surface area contributed by atoms with Gasteiger partial charge in [-0.25, -0.2) is 9.78 Å². The average Bonchev–Trinajstić information content (AvgIpc) is 3.35. The Labute approximate surface area is 159 Å². The summed E-state index contributed by atoms with van der Waals surface area (Å²) in [6, 6.07) is 2.16. The van der Waals surface area contributed by atoms with Gasteiger partial charge in [-0.05, 0) is 41.1 Å². The highest BCUT2D eigenvalue weighted by Crippen LogP contribution is 2.29. The second-order valence-electron chi connectivity index (χ2n) is 6.96. The third kappa shape index (κ3) is 3.01. The molecule has 0 spiro atoms. The first-order chi connectivity index (χ1) is 13.0. The van der Waals surface area contributed by atoms with Gasteiger partial charge >= 0.3 is 5.69 Å². The number of carbonyl (C=O) groups excluding carboxylic acids is 1. The highest BCUT2D eigenvalue weighted by molar-refractivity contribution is 7.07. The zero-order chi connectivity index (χ0) is 19.1. The number of nitrogens with zero attached hydrogens (tertiary/aromatic N) is 5. The van der Waals surface area contributed by atoms with Gasteiger partial charge in [0.1, 0.15) is 6.54 Å². The Hall–Kier alpha value is -2.68. The minimum absolute atomic E-state index is 0.0334. The highest BCUT2D eigenvalue weighted by atomic mass is 32.1. The van der Waals surface area contributed by atoms with E-state index in [1.165, 1.54) is 23.5 Å². The molecule has 0 aromatic carbocycles. The topological polar surface area (TPSA) is 82.1 Å². The van der Waals surface area contributed by atoms with Crippen LogP contribution in [0.3, 0.4) is 0 Å². The maximum absolute atomic E-state index is 12.8. The van der Waals surface area contributed by atoms with Crippen LogP contribution in [0.25, 0.3) is 11.2 Å². The van der Waals surface area contributed by atoms with Crippen LogP contribution >= 0.6 is 11.3 Å². The van der Waals surface area contributed by atoms with Crippen molar-refractivity contribution in [1.82, 2.24) is 23.6 Å². The number of rotatable bonds is 3. The fraction of sp³-hybridized carbons (Fsp3) is 0.444. The van der Waals surface area contributed by atoms with Crippen molar-refractivity contribution in [3.63, 3.8) is 0 Å². The van der Waals surface area contributed by atoms with E-state index >= 15 is 0 Å². The second-order valence-corrected chi connectivity index (χ2v) is 7.74. The van der Waals surface area contributed by atoms with Crippen molar-refractivity contribution in [2.45, 2.75) is 25.3 Å². The fourth-order valence-electron chi connectivity index (χ4n) is 3.73. The number of piperidine rings is 1. The molecule has 0 radical (unpaired) electrons. The van der Waals surface area contributed by atoms with E-state index in [1.807, 2.05) is 4.90 Å². The Morgan fingerprint density at radius 2 is 1.96 bits per heavy atom. The standard InChI is InChI=1S/C18H21N5O3S/c1-20-16-15(17(25)21(2)18(20)26)23(11-19-16)9-14(24)22-6-3-12(4-7-22)13-5-8-27-10-13/h5,8,10-12H,3-4,6-7,9H2,1-2H3. The van der Waals surface area contributed by atoms with Gasteiger partial charge in [-0.2, -0.15) is 11.3 Å². The van der Waals surface area contributed by atoms with E-state index in [-0.39, 0.29) is 18.0 Å². The predicted molar refractivity (Wildman–Crippen MR) is 103 cm³/mol. The molecule has 8 nitrogen and oxygen atoms in total. The van der Waals surface area contributed by atoms with Crippen LogP contribution in [0, 0.1) is 0 Å². The molecule has 4 heterocycles. The van der Waals surface area contributed by atoms with Crippen LogP contribution in [0.5, 0.6) is 0 Å². The smallest absolute Gasteiger partial charge is 0.332 e. The molecule has 1 saturated heterocycles. The Balaban J connectivity index is 1.53. The average molecular weight is 387 g/mol. The molecule has 0 bridgehead atoms. The van der Waals surface area contributed by atoms with E-state index in [0.29, 0.717) is 24.7 Å². The van der Waals surface area contributed by atoms with E-state index < -0.39 is 11.2 Å². The maximum atomic E-state index is 12.8. The molecule has 27 heavy (non-hydrogen) atoms. The molecular formula is C18H21N5O3S. The van der Waals surface area contributed by atoms with Gasteiger partial charge in [0.15, 0.2) is 11.2 Å². The summed E-state index contributed by atoms with van der Waals surface area (Å²) in [6.07, 6.45) is 3.36. The van der Waals surface area contributed by atoms with Crippen molar-refractivity contribution >= 4 is 28.4 Å². The highest BCUT2D eigenvalue weighted by Gasteiger charge is 2.25. The van der Waals surface area contributed by atoms with Crippen LogP contribution < -0.4 is 11.2 Å². The van der Waals surface area contributed by atoms with Crippen LogP contribution in [-0.2, 0) is 25.4 Å². The SMILES string of the molecule is Cn1c(=O)c2c(ncn2CC(=O)N2CCC(c3ccsc3)CC2)n(C)c1=O. The molecule has 9 heteroatoms. The zero-order valence-corrected chi connectivity index (χ0v) is 16.1. The first-order valence-electron chi connectivity index (χ1n) is 8.88. The van der Waals surface area contributed by atoms with Crippen molar-refractivity contribution in [3.8, 4) is 0 Å². The largest absolute Gasteiger partial charge is 0.341 e. The van der Waals surface area contributed by atoms with E-state index in [9.17, 15) is 14.4 Å². The lowest BCUT2D eigenvalue weighted by Gasteiger charge is -2.32. The Morgan fingerprint density at radius 1 is 1.22 bits per heavy atom. The summed E-state index contributed by atoms with van der Waals surface area (Å²) in [5, 5.41) is 4.27. The molecule has 1 aliphatic heterocycles. The van der Waals surface area contributed by atoms with Crippen molar-refractivity contribution in [1.29, 1.82) is 0 Å². The van der Waals surface area contributed by atoms with E-state index in [0.717, 1.165) is 17.4 Å². The number of thiophene rings is 1. The van der Waals surface area contributed by atoms with Crippen molar-refractivity contribution in [2.75, 3.05) is 13.1 Å². The van der Waals surface area contributed by atoms with Crippen LogP contribution in [0.15, 0.2) is 32.7 Å². The van der Waals surface area contributed by atoms with Gasteiger partial charge in [-0.1, -0.05) is 0 Å². The molecule has 0 atom stereocenters. The summed E-state index contributed by atoms with van der Waals surface area (Å²) in [6.45, 7) is 1.47. The predicted octanol–water partition coefficient (Wildman–Crippen LogP) is 0.901. The number of fused-ring (bicyclic) bond motifs is 1. The van der Waals surface area contributed by atoms with Crippen LogP contribution in [0.1, 0.15) is 24.3 Å². The van der Waals surface area contributed by atoms with Gasteiger partial charge in [0.05, 0.1) is 6.33 Å². The number of hydrogen-bond donors (Lipinski definition) is 0. The molecule has 4 rings (SSSR count). The van der Waals surface area contributed by atoms with E-state index in [1.54, 1.807) is 23.0 Å². The van der Waals surface area contributed by atoms with Gasteiger partial charge < -0.3 is 9.47 Å². The number of imidazole rings is 1. The molecule has 0 saturated carbocycles. The van der Waals surface area contributed by atoms with E-state index in [2.05, 4.69) is 21.8 Å². The first kappa shape index (κ1) is 17.7. The van der Waals surface area contributed by atoms with Gasteiger partial charge in [0.2, 0.25) is 5.91 Å². The third-order valence-corrected chi connectivity index (χ3v) is 6.09. The maximum Gasteiger partial charge on any atom is 0.332 e. The van der Waals surface area contributed by atoms with Crippen LogP contribution in [0.2, 0.25) is 0 Å². The van der Waals surface area contributed by atoms with Crippen molar-refractivity contribution < 1.29 is 4.79 Å². The molecule has 3 aromatic rings. The van der Waals surface area contributed by atoms with Crippen LogP contribution in [-0.4, -0.2) is 42.6 Å². The van der Waals surface area contributed by atoms with Crippen LogP contribution in [0.4, 0.5) is 0 Å². The van der Waals surface area contributed by atoms with Gasteiger partial charge in [-0.15, -0.1) is 0 Å². The quantitative estimate of drug-likeness (QED) is 0.669. The lowest BCUT2D eigenvalue weighted by molar-refractivity contribution is -0.132. The third-order valence-electron chi connectivity index (χ3n) is 5.39. The van der Waals surface area contributed by atoms with Gasteiger partial charge in [-0.3, -0.25) is 18.7 Å². The minimum atomic E-state index is -0.436. The molecule has 0 aliphatic carbocycles. The molecule has 0 unspecified atom stereocenters. The number of likely N-dealkylation sites (tertiary alicyclic amines) is 1. The Kier molecular flexibility index (Phi) is 4.47. The summed E-state index contributed by atoms with van der Waals surface area (Å²) in [7, 11) is 3.00. The summed E-state index contributed by atoms with van der Waals surface area (Å²) in [5.41, 5.74) is 1.07. The summed E-state index contributed by atoms with van der Waals surface area (Å²) >= 11 is 1.70. The molecule has 142 valence electrons. The number of aromatic nitrogens is 4. The monoisotopic (exact) mass is 387 g/mol. The first-order valence-corrected chi connectivity index (χ1v) is 9.82. The number of aryl methyl sites for hydroxylation is 1. The van der Waals surface area contributed by atoms with Crippen molar-refractivity contribution in [3.05, 3.63) is 49.6 Å². The van der Waals surface area contributed by atoms with Gasteiger partial charge in [0, 0.05) is 27.2 Å². The molecule has 0 N–H and O–H groups in total. The summed E-state index contributed by atoms with van der Waals surface area (Å²) in [5.74, 6) is 0.477. The number of carbonyl (C=O) groups is 1.